The minimum absolute atomic E-state index is 0.445. The lowest BCUT2D eigenvalue weighted by atomic mass is 9.79. The van der Waals surface area contributed by atoms with E-state index in [4.69, 9.17) is 15.0 Å². The van der Waals surface area contributed by atoms with E-state index in [1.807, 2.05) is 27.7 Å². The molecule has 6 heteroatoms. The van der Waals surface area contributed by atoms with Gasteiger partial charge in [0.2, 0.25) is 0 Å². The molecule has 2 rings (SSSR count). The summed E-state index contributed by atoms with van der Waals surface area (Å²) >= 11 is 0. The monoisotopic (exact) mass is 264 g/mol. The quantitative estimate of drug-likeness (QED) is 0.780. The van der Waals surface area contributed by atoms with E-state index in [0.717, 1.165) is 0 Å². The van der Waals surface area contributed by atoms with Crippen molar-refractivity contribution in [1.29, 1.82) is 0 Å². The molecule has 1 unspecified atom stereocenters. The topological polar surface area (TPSA) is 77.6 Å². The van der Waals surface area contributed by atoms with Crippen molar-refractivity contribution in [3.8, 4) is 0 Å². The largest absolute Gasteiger partial charge is 0.514 e. The van der Waals surface area contributed by atoms with Crippen LogP contribution in [0.2, 0.25) is 0 Å². The molecule has 0 amide bonds. The highest BCUT2D eigenvalue weighted by Gasteiger charge is 2.53. The van der Waals surface area contributed by atoms with Crippen molar-refractivity contribution in [2.75, 3.05) is 5.73 Å². The lowest BCUT2D eigenvalue weighted by Gasteiger charge is -2.32. The molecule has 1 aromatic heterocycles. The number of anilines is 1. The minimum atomic E-state index is -0.720. The van der Waals surface area contributed by atoms with Gasteiger partial charge in [0.1, 0.15) is 0 Å². The Bertz CT molecular complexity index is 473. The highest BCUT2D eigenvalue weighted by molar-refractivity contribution is 6.61. The Morgan fingerprint density at radius 1 is 1.26 bits per heavy atom. The second-order valence-electron chi connectivity index (χ2n) is 5.96. The minimum Gasteiger partial charge on any atom is -0.398 e. The maximum Gasteiger partial charge on any atom is 0.514 e. The average Bonchev–Trinajstić information content (AvgIpc) is 2.47. The molecule has 1 aliphatic heterocycles. The molecule has 5 nitrogen and oxygen atoms in total. The first-order chi connectivity index (χ1) is 8.66. The molecular weight excluding hydrogens is 243 g/mol. The van der Waals surface area contributed by atoms with Crippen LogP contribution >= 0.6 is 0 Å². The fourth-order valence-corrected chi connectivity index (χ4v) is 2.10. The van der Waals surface area contributed by atoms with E-state index < -0.39 is 24.4 Å². The van der Waals surface area contributed by atoms with Crippen molar-refractivity contribution in [3.05, 3.63) is 17.8 Å². The SMILES string of the molecule is CC(O)c1c(N)ccnc1B1OC(C)(C)C(C)(C)O1. The molecule has 1 aromatic rings. The number of aliphatic hydroxyl groups is 1. The molecule has 2 heterocycles. The van der Waals surface area contributed by atoms with Crippen LogP contribution in [0, 0.1) is 0 Å². The van der Waals surface area contributed by atoms with Gasteiger partial charge in [-0.25, -0.2) is 0 Å². The van der Waals surface area contributed by atoms with Gasteiger partial charge >= 0.3 is 7.12 Å². The zero-order valence-electron chi connectivity index (χ0n) is 12.1. The average molecular weight is 264 g/mol. The van der Waals surface area contributed by atoms with Crippen LogP contribution in [0.3, 0.4) is 0 Å². The first kappa shape index (κ1) is 14.3. The van der Waals surface area contributed by atoms with Gasteiger partial charge in [0.25, 0.3) is 0 Å². The Balaban J connectivity index is 2.43. The Hall–Kier alpha value is -1.11. The van der Waals surface area contributed by atoms with Gasteiger partial charge in [-0.05, 0) is 40.7 Å². The van der Waals surface area contributed by atoms with E-state index in [9.17, 15) is 5.11 Å². The van der Waals surface area contributed by atoms with Crippen molar-refractivity contribution in [2.24, 2.45) is 0 Å². The molecule has 0 aliphatic carbocycles. The Kier molecular flexibility index (Phi) is 3.37. The summed E-state index contributed by atoms with van der Waals surface area (Å²) in [5.41, 5.74) is 6.64. The molecule has 0 spiro atoms. The van der Waals surface area contributed by atoms with Crippen molar-refractivity contribution < 1.29 is 14.4 Å². The summed E-state index contributed by atoms with van der Waals surface area (Å²) in [4.78, 5) is 4.28. The maximum atomic E-state index is 9.87. The second kappa shape index (κ2) is 4.47. The van der Waals surface area contributed by atoms with Gasteiger partial charge in [0.15, 0.2) is 0 Å². The van der Waals surface area contributed by atoms with E-state index in [2.05, 4.69) is 4.98 Å². The summed E-state index contributed by atoms with van der Waals surface area (Å²) in [5.74, 6) is 0. The van der Waals surface area contributed by atoms with Gasteiger partial charge in [-0.1, -0.05) is 0 Å². The molecule has 1 fully saturated rings. The van der Waals surface area contributed by atoms with E-state index >= 15 is 0 Å². The van der Waals surface area contributed by atoms with Gasteiger partial charge < -0.3 is 20.1 Å². The van der Waals surface area contributed by atoms with Gasteiger partial charge in [0.05, 0.1) is 22.9 Å². The molecule has 104 valence electrons. The molecule has 1 saturated heterocycles. The molecule has 19 heavy (non-hydrogen) atoms. The molecule has 0 radical (unpaired) electrons. The van der Waals surface area contributed by atoms with Crippen molar-refractivity contribution in [3.63, 3.8) is 0 Å². The third-order valence-electron chi connectivity index (χ3n) is 3.95. The van der Waals surface area contributed by atoms with Crippen molar-refractivity contribution in [1.82, 2.24) is 4.98 Å². The Morgan fingerprint density at radius 3 is 2.26 bits per heavy atom. The first-order valence-electron chi connectivity index (χ1n) is 6.44. The molecule has 0 saturated carbocycles. The number of rotatable bonds is 2. The summed E-state index contributed by atoms with van der Waals surface area (Å²) in [6.07, 6.45) is 0.879. The zero-order chi connectivity index (χ0) is 14.4. The molecule has 0 aromatic carbocycles. The Morgan fingerprint density at radius 2 is 1.79 bits per heavy atom. The molecule has 0 bridgehead atoms. The molecule has 3 N–H and O–H groups in total. The number of hydrogen-bond acceptors (Lipinski definition) is 5. The summed E-state index contributed by atoms with van der Waals surface area (Å²) in [7, 11) is -0.613. The normalized spacial score (nSPS) is 22.5. The predicted molar refractivity (Wildman–Crippen MR) is 75.0 cm³/mol. The van der Waals surface area contributed by atoms with Crippen LogP contribution in [0.25, 0.3) is 0 Å². The fraction of sp³-hybridized carbons (Fsp3) is 0.615. The first-order valence-corrected chi connectivity index (χ1v) is 6.44. The van der Waals surface area contributed by atoms with E-state index in [-0.39, 0.29) is 0 Å². The Labute approximate surface area is 114 Å². The maximum absolute atomic E-state index is 9.87. The van der Waals surface area contributed by atoms with E-state index in [0.29, 0.717) is 16.8 Å². The lowest BCUT2D eigenvalue weighted by molar-refractivity contribution is 0.00578. The highest BCUT2D eigenvalue weighted by Crippen LogP contribution is 2.37. The number of aromatic nitrogens is 1. The van der Waals surface area contributed by atoms with Gasteiger partial charge in [-0.2, -0.15) is 0 Å². The predicted octanol–water partition coefficient (Wildman–Crippen LogP) is 1.02. The third-order valence-corrected chi connectivity index (χ3v) is 3.95. The zero-order valence-corrected chi connectivity index (χ0v) is 12.1. The van der Waals surface area contributed by atoms with E-state index in [1.165, 1.54) is 0 Å². The van der Waals surface area contributed by atoms with Gasteiger partial charge in [-0.3, -0.25) is 4.98 Å². The summed E-state index contributed by atoms with van der Waals surface area (Å²) in [6, 6.07) is 1.66. The number of aliphatic hydroxyl groups excluding tert-OH is 1. The number of nitrogens with zero attached hydrogens (tertiary/aromatic N) is 1. The number of hydrogen-bond donors (Lipinski definition) is 2. The molecular formula is C13H21BN2O3. The lowest BCUT2D eigenvalue weighted by Crippen LogP contribution is -2.41. The summed E-state index contributed by atoms with van der Waals surface area (Å²) in [6.45, 7) is 9.55. The van der Waals surface area contributed by atoms with E-state index in [1.54, 1.807) is 19.2 Å². The van der Waals surface area contributed by atoms with Crippen LogP contribution in [-0.2, 0) is 9.31 Å². The standard InChI is InChI=1S/C13H21BN2O3/c1-8(17)10-9(15)6-7-16-11(10)14-18-12(2,3)13(4,5)19-14/h6-8,17H,1-5H3,(H2,15,16). The number of nitrogen functional groups attached to an aromatic ring is 1. The van der Waals surface area contributed by atoms with Crippen LogP contribution in [0.5, 0.6) is 0 Å². The van der Waals surface area contributed by atoms with Crippen LogP contribution in [0.4, 0.5) is 5.69 Å². The fourth-order valence-electron chi connectivity index (χ4n) is 2.10. The van der Waals surface area contributed by atoms with Crippen molar-refractivity contribution >= 4 is 18.4 Å². The smallest absolute Gasteiger partial charge is 0.398 e. The third kappa shape index (κ3) is 2.36. The highest BCUT2D eigenvalue weighted by atomic mass is 16.7. The van der Waals surface area contributed by atoms with Crippen LogP contribution in [0.1, 0.15) is 46.3 Å². The van der Waals surface area contributed by atoms with Crippen LogP contribution in [0.15, 0.2) is 12.3 Å². The van der Waals surface area contributed by atoms with Crippen LogP contribution in [-0.4, -0.2) is 28.4 Å². The summed E-state index contributed by atoms with van der Waals surface area (Å²) in [5, 5.41) is 9.87. The van der Waals surface area contributed by atoms with Gasteiger partial charge in [-0.15, -0.1) is 0 Å². The van der Waals surface area contributed by atoms with Crippen LogP contribution < -0.4 is 11.3 Å². The molecule has 1 atom stereocenters. The number of pyridine rings is 1. The van der Waals surface area contributed by atoms with Gasteiger partial charge in [0, 0.05) is 17.4 Å². The summed E-state index contributed by atoms with van der Waals surface area (Å²) < 4.78 is 11.9. The second-order valence-corrected chi connectivity index (χ2v) is 5.96. The number of nitrogens with two attached hydrogens (primary N) is 1. The molecule has 1 aliphatic rings. The van der Waals surface area contributed by atoms with Crippen molar-refractivity contribution in [2.45, 2.75) is 51.9 Å².